The number of amides is 1. The summed E-state index contributed by atoms with van der Waals surface area (Å²) in [5.74, 6) is -0.549. The van der Waals surface area contributed by atoms with Gasteiger partial charge < -0.3 is 10.4 Å². The van der Waals surface area contributed by atoms with Gasteiger partial charge in [-0.3, -0.25) is 23.8 Å². The lowest BCUT2D eigenvalue weighted by molar-refractivity contribution is -0.119. The van der Waals surface area contributed by atoms with Crippen molar-refractivity contribution in [1.82, 2.24) is 39.3 Å². The van der Waals surface area contributed by atoms with Gasteiger partial charge in [-0.2, -0.15) is 5.10 Å². The molecule has 208 valence electrons. The van der Waals surface area contributed by atoms with Crippen LogP contribution in [-0.2, 0) is 11.8 Å². The molecule has 0 saturated carbocycles. The third-order valence-corrected chi connectivity index (χ3v) is 7.52. The number of nitrogens with one attached hydrogen (secondary N) is 1. The maximum Gasteiger partial charge on any atom is 0.254 e. The van der Waals surface area contributed by atoms with E-state index in [1.165, 1.54) is 23.3 Å². The lowest BCUT2D eigenvalue weighted by Crippen LogP contribution is -2.27. The number of anilines is 1. The molecule has 2 atom stereocenters. The van der Waals surface area contributed by atoms with E-state index >= 15 is 0 Å². The Bertz CT molecular complexity index is 1830. The van der Waals surface area contributed by atoms with E-state index in [2.05, 4.69) is 30.7 Å². The number of fused-ring (bicyclic) bond motifs is 4. The minimum atomic E-state index is -0.415. The highest BCUT2D eigenvalue weighted by molar-refractivity contribution is 6.31. The first-order chi connectivity index (χ1) is 19.8. The summed E-state index contributed by atoms with van der Waals surface area (Å²) in [7, 11) is 1.82. The highest BCUT2D eigenvalue weighted by Crippen LogP contribution is 2.33. The maximum absolute atomic E-state index is 13.7. The molecule has 5 aromatic rings. The number of rotatable bonds is 3. The predicted molar refractivity (Wildman–Crippen MR) is 152 cm³/mol. The first-order valence-electron chi connectivity index (χ1n) is 13.1. The number of benzene rings is 1. The van der Waals surface area contributed by atoms with E-state index in [0.717, 1.165) is 11.3 Å². The second-order valence-electron chi connectivity index (χ2n) is 10.0. The first kappa shape index (κ1) is 26.4. The summed E-state index contributed by atoms with van der Waals surface area (Å²) in [6.45, 7) is 1.89. The van der Waals surface area contributed by atoms with Gasteiger partial charge in [-0.05, 0) is 43.2 Å². The molecule has 5 heterocycles. The van der Waals surface area contributed by atoms with Gasteiger partial charge >= 0.3 is 0 Å². The average Bonchev–Trinajstić information content (AvgIpc) is 3.55. The second-order valence-corrected chi connectivity index (χ2v) is 10.5. The summed E-state index contributed by atoms with van der Waals surface area (Å²) in [4.78, 5) is 35.8. The molecule has 12 nitrogen and oxygen atoms in total. The van der Waals surface area contributed by atoms with E-state index in [1.807, 2.05) is 26.1 Å². The fourth-order valence-electron chi connectivity index (χ4n) is 5.16. The van der Waals surface area contributed by atoms with Gasteiger partial charge in [-0.1, -0.05) is 35.3 Å². The highest BCUT2D eigenvalue weighted by atomic mass is 35.5. The Morgan fingerprint density at radius 2 is 1.95 bits per heavy atom. The Labute approximate surface area is 239 Å². The van der Waals surface area contributed by atoms with Crippen LogP contribution >= 0.6 is 11.6 Å². The van der Waals surface area contributed by atoms with E-state index in [-0.39, 0.29) is 23.3 Å². The Balaban J connectivity index is 1.44. The molecule has 2 bridgehead atoms. The van der Waals surface area contributed by atoms with Gasteiger partial charge in [0.2, 0.25) is 5.91 Å². The molecule has 1 aliphatic rings. The van der Waals surface area contributed by atoms with Gasteiger partial charge in [0.25, 0.3) is 11.4 Å². The molecule has 1 aromatic carbocycles. The van der Waals surface area contributed by atoms with Crippen LogP contribution in [0.1, 0.15) is 37.9 Å². The van der Waals surface area contributed by atoms with E-state index in [0.29, 0.717) is 52.6 Å². The number of aryl methyl sites for hydroxylation is 1. The summed E-state index contributed by atoms with van der Waals surface area (Å²) >= 11 is 6.29. The van der Waals surface area contributed by atoms with Crippen LogP contribution in [0.3, 0.4) is 0 Å². The van der Waals surface area contributed by atoms with Crippen LogP contribution in [0.25, 0.3) is 28.2 Å². The van der Waals surface area contributed by atoms with Crippen molar-refractivity contribution in [2.45, 2.75) is 32.2 Å². The molecule has 4 aromatic heterocycles. The lowest BCUT2D eigenvalue weighted by Gasteiger charge is -2.22. The fraction of sp³-hybridized carbons (Fsp3) is 0.250. The SMILES string of the molecule is C[C@@H]1CCC[C@H](n2cnc(-c3cc(Cl)ccc3-n3cc(O)nn3)cc2=O)c2cc(ccn2)-c2c(cnn2C)NC1=O. The zero-order chi connectivity index (χ0) is 28.7. The van der Waals surface area contributed by atoms with Crippen molar-refractivity contribution in [3.63, 3.8) is 0 Å². The van der Waals surface area contributed by atoms with Gasteiger partial charge in [0.1, 0.15) is 0 Å². The molecule has 41 heavy (non-hydrogen) atoms. The molecule has 0 spiro atoms. The molecule has 2 N–H and O–H groups in total. The van der Waals surface area contributed by atoms with Crippen LogP contribution in [-0.4, -0.2) is 50.3 Å². The molecule has 13 heteroatoms. The summed E-state index contributed by atoms with van der Waals surface area (Å²) in [5.41, 5.74) is 4.10. The predicted octanol–water partition coefficient (Wildman–Crippen LogP) is 3.99. The highest BCUT2D eigenvalue weighted by Gasteiger charge is 2.24. The quantitative estimate of drug-likeness (QED) is 0.330. The number of carbonyl (C=O) groups is 1. The van der Waals surface area contributed by atoms with E-state index in [1.54, 1.807) is 39.8 Å². The van der Waals surface area contributed by atoms with Crippen LogP contribution in [0, 0.1) is 5.92 Å². The zero-order valence-corrected chi connectivity index (χ0v) is 23.0. The third kappa shape index (κ3) is 5.09. The monoisotopic (exact) mass is 571 g/mol. The van der Waals surface area contributed by atoms with Crippen LogP contribution in [0.2, 0.25) is 5.02 Å². The number of halogens is 1. The van der Waals surface area contributed by atoms with Crippen molar-refractivity contribution in [2.75, 3.05) is 5.32 Å². The van der Waals surface area contributed by atoms with Crippen molar-refractivity contribution in [3.8, 4) is 34.1 Å². The van der Waals surface area contributed by atoms with Gasteiger partial charge in [0.05, 0.1) is 53.2 Å². The van der Waals surface area contributed by atoms with Crippen LogP contribution in [0.5, 0.6) is 5.88 Å². The van der Waals surface area contributed by atoms with Gasteiger partial charge in [-0.15, -0.1) is 0 Å². The maximum atomic E-state index is 13.7. The van der Waals surface area contributed by atoms with Crippen molar-refractivity contribution in [1.29, 1.82) is 0 Å². The van der Waals surface area contributed by atoms with Crippen LogP contribution in [0.4, 0.5) is 5.69 Å². The number of pyridine rings is 1. The van der Waals surface area contributed by atoms with Gasteiger partial charge in [0.15, 0.2) is 0 Å². The summed E-state index contributed by atoms with van der Waals surface area (Å²) in [5, 5.41) is 25.1. The summed E-state index contributed by atoms with van der Waals surface area (Å²) in [6.07, 6.45) is 8.10. The van der Waals surface area contributed by atoms with E-state index in [9.17, 15) is 14.7 Å². The largest absolute Gasteiger partial charge is 0.491 e. The second kappa shape index (κ2) is 10.6. The Kier molecular flexibility index (Phi) is 6.83. The van der Waals surface area contributed by atoms with Crippen molar-refractivity contribution < 1.29 is 9.90 Å². The lowest BCUT2D eigenvalue weighted by atomic mass is 9.97. The molecule has 1 amide bonds. The van der Waals surface area contributed by atoms with Crippen molar-refractivity contribution >= 4 is 23.2 Å². The van der Waals surface area contributed by atoms with Crippen molar-refractivity contribution in [3.05, 3.63) is 82.4 Å². The fourth-order valence-corrected chi connectivity index (χ4v) is 5.33. The number of hydrogen-bond donors (Lipinski definition) is 2. The normalized spacial score (nSPS) is 17.3. The van der Waals surface area contributed by atoms with Gasteiger partial charge in [0, 0.05) is 41.4 Å². The van der Waals surface area contributed by atoms with E-state index in [4.69, 9.17) is 11.6 Å². The standard InChI is InChI=1S/C28H26ClN9O3/c1-16-4-3-5-24(21-10-17(8-9-30-21)27-22(33-28(16)41)13-32-36(27)2)37-15-31-20(12-26(37)40)19-11-18(29)6-7-23(19)38-14-25(39)34-35-38/h6-16,24,39H,3-5H2,1-2H3,(H,33,41)/t16-,24+/m1/s1. The topological polar surface area (TPSA) is 146 Å². The average molecular weight is 572 g/mol. The van der Waals surface area contributed by atoms with E-state index < -0.39 is 6.04 Å². The molecule has 0 saturated heterocycles. The molecule has 0 radical (unpaired) electrons. The number of aromatic nitrogens is 8. The minimum Gasteiger partial charge on any atom is -0.491 e. The zero-order valence-electron chi connectivity index (χ0n) is 22.3. The van der Waals surface area contributed by atoms with Crippen LogP contribution < -0.4 is 10.9 Å². The molecular formula is C28H26ClN9O3. The summed E-state index contributed by atoms with van der Waals surface area (Å²) < 4.78 is 4.67. The molecule has 0 unspecified atom stereocenters. The van der Waals surface area contributed by atoms with Crippen LogP contribution in [0.15, 0.2) is 66.1 Å². The van der Waals surface area contributed by atoms with Crippen molar-refractivity contribution in [2.24, 2.45) is 13.0 Å². The first-order valence-corrected chi connectivity index (χ1v) is 13.5. The minimum absolute atomic E-state index is 0.0770. The Morgan fingerprint density at radius 3 is 2.73 bits per heavy atom. The number of aromatic hydroxyl groups is 1. The number of hydrogen-bond acceptors (Lipinski definition) is 8. The Hall–Kier alpha value is -4.84. The smallest absolute Gasteiger partial charge is 0.254 e. The Morgan fingerprint density at radius 1 is 1.10 bits per heavy atom. The molecule has 6 rings (SSSR count). The number of nitrogens with zero attached hydrogens (tertiary/aromatic N) is 8. The summed E-state index contributed by atoms with van der Waals surface area (Å²) in [6, 6.07) is 9.89. The molecular weight excluding hydrogens is 546 g/mol. The molecule has 0 fully saturated rings. The third-order valence-electron chi connectivity index (χ3n) is 7.29. The number of carbonyl (C=O) groups excluding carboxylic acids is 1. The van der Waals surface area contributed by atoms with Gasteiger partial charge in [-0.25, -0.2) is 9.67 Å². The molecule has 1 aliphatic heterocycles. The molecule has 0 aliphatic carbocycles.